The molecule has 1 saturated heterocycles. The van der Waals surface area contributed by atoms with Gasteiger partial charge in [0.15, 0.2) is 0 Å². The van der Waals surface area contributed by atoms with Gasteiger partial charge in [0.2, 0.25) is 6.41 Å². The maximum atomic E-state index is 10.4. The van der Waals surface area contributed by atoms with Crippen molar-refractivity contribution in [3.8, 4) is 0 Å². The number of likely N-dealkylation sites (tertiary alicyclic amines) is 1. The molecule has 0 aliphatic carbocycles. The summed E-state index contributed by atoms with van der Waals surface area (Å²) in [5.41, 5.74) is 5.74. The van der Waals surface area contributed by atoms with Crippen molar-refractivity contribution < 1.29 is 9.90 Å². The third-order valence-corrected chi connectivity index (χ3v) is 2.44. The van der Waals surface area contributed by atoms with Crippen LogP contribution in [0, 0.1) is 5.92 Å². The molecule has 3 atom stereocenters. The van der Waals surface area contributed by atoms with Crippen molar-refractivity contribution in [2.45, 2.75) is 19.0 Å². The molecule has 1 heterocycles. The summed E-state index contributed by atoms with van der Waals surface area (Å²) in [5, 5.41) is 8.84. The van der Waals surface area contributed by atoms with E-state index < -0.39 is 0 Å². The average Bonchev–Trinajstić information content (AvgIpc) is 2.30. The Hall–Kier alpha value is -0.610. The number of rotatable bonds is 2. The number of carbonyl (C=O) groups excluding carboxylic acids is 1. The summed E-state index contributed by atoms with van der Waals surface area (Å²) in [5.74, 6) is 0.0511. The lowest BCUT2D eigenvalue weighted by Gasteiger charge is -2.17. The molecule has 3 N–H and O–H groups in total. The van der Waals surface area contributed by atoms with Crippen LogP contribution < -0.4 is 5.73 Å². The van der Waals surface area contributed by atoms with Gasteiger partial charge in [0.25, 0.3) is 0 Å². The van der Waals surface area contributed by atoms with Crippen molar-refractivity contribution in [1.29, 1.82) is 0 Å². The van der Waals surface area contributed by atoms with Gasteiger partial charge in [-0.1, -0.05) is 0 Å². The standard InChI is InChI=1S/C7H14N2O2/c1-5-7(8)6(3-10)2-9(5)4-11/h4-7,10H,2-3,8H2,1H3/t5-,6-,7-/m0/s1. The van der Waals surface area contributed by atoms with E-state index in [1.165, 1.54) is 0 Å². The van der Waals surface area contributed by atoms with E-state index in [1.54, 1.807) is 4.90 Å². The minimum Gasteiger partial charge on any atom is -0.396 e. The molecule has 1 fully saturated rings. The molecule has 0 aromatic heterocycles. The first kappa shape index (κ1) is 8.49. The second-order valence-electron chi connectivity index (χ2n) is 3.06. The molecule has 0 aromatic carbocycles. The Morgan fingerprint density at radius 2 is 2.45 bits per heavy atom. The van der Waals surface area contributed by atoms with Gasteiger partial charge in [0.05, 0.1) is 0 Å². The van der Waals surface area contributed by atoms with Crippen LogP contribution in [0.25, 0.3) is 0 Å². The number of aliphatic hydroxyl groups is 1. The first-order chi connectivity index (χ1) is 5.20. The Morgan fingerprint density at radius 1 is 1.82 bits per heavy atom. The Bertz CT molecular complexity index is 151. The summed E-state index contributed by atoms with van der Waals surface area (Å²) in [6.45, 7) is 2.55. The topological polar surface area (TPSA) is 66.6 Å². The van der Waals surface area contributed by atoms with E-state index in [9.17, 15) is 4.79 Å². The first-order valence-corrected chi connectivity index (χ1v) is 3.78. The third-order valence-electron chi connectivity index (χ3n) is 2.44. The van der Waals surface area contributed by atoms with Crippen LogP contribution in [0.15, 0.2) is 0 Å². The summed E-state index contributed by atoms with van der Waals surface area (Å²) in [6, 6.07) is -0.0187. The molecule has 0 aromatic rings. The van der Waals surface area contributed by atoms with E-state index in [-0.39, 0.29) is 24.6 Å². The molecule has 0 unspecified atom stereocenters. The molecule has 0 bridgehead atoms. The predicted octanol–water partition coefficient (Wildman–Crippen LogP) is -1.22. The van der Waals surface area contributed by atoms with Gasteiger partial charge in [0, 0.05) is 31.2 Å². The highest BCUT2D eigenvalue weighted by Gasteiger charge is 2.35. The molecular formula is C7H14N2O2. The highest BCUT2D eigenvalue weighted by atomic mass is 16.3. The first-order valence-electron chi connectivity index (χ1n) is 3.78. The van der Waals surface area contributed by atoms with Crippen molar-refractivity contribution in [1.82, 2.24) is 4.90 Å². The third kappa shape index (κ3) is 1.36. The minimum absolute atomic E-state index is 0.0511. The molecule has 1 aliphatic heterocycles. The number of hydrogen-bond acceptors (Lipinski definition) is 3. The lowest BCUT2D eigenvalue weighted by Crippen LogP contribution is -2.38. The van der Waals surface area contributed by atoms with E-state index in [2.05, 4.69) is 0 Å². The number of aliphatic hydroxyl groups excluding tert-OH is 1. The molecule has 0 spiro atoms. The summed E-state index contributed by atoms with van der Waals surface area (Å²) < 4.78 is 0. The quantitative estimate of drug-likeness (QED) is 0.495. The van der Waals surface area contributed by atoms with Crippen molar-refractivity contribution in [2.75, 3.05) is 13.2 Å². The van der Waals surface area contributed by atoms with E-state index in [0.717, 1.165) is 6.41 Å². The van der Waals surface area contributed by atoms with Crippen LogP contribution in [0.3, 0.4) is 0 Å². The van der Waals surface area contributed by atoms with Crippen LogP contribution in [-0.4, -0.2) is 41.7 Å². The van der Waals surface area contributed by atoms with Gasteiger partial charge in [-0.2, -0.15) is 0 Å². The van der Waals surface area contributed by atoms with Crippen LogP contribution in [0.1, 0.15) is 6.92 Å². The Balaban J connectivity index is 2.60. The lowest BCUT2D eigenvalue weighted by molar-refractivity contribution is -0.118. The molecule has 1 rings (SSSR count). The highest BCUT2D eigenvalue weighted by Crippen LogP contribution is 2.19. The van der Waals surface area contributed by atoms with Gasteiger partial charge in [-0.15, -0.1) is 0 Å². The Labute approximate surface area is 66.0 Å². The molecular weight excluding hydrogens is 144 g/mol. The molecule has 1 aliphatic rings. The SMILES string of the molecule is C[C@H]1[C@H](N)[C@H](CO)CN1C=O. The summed E-state index contributed by atoms with van der Waals surface area (Å²) in [7, 11) is 0. The van der Waals surface area contributed by atoms with Crippen LogP contribution in [0.5, 0.6) is 0 Å². The van der Waals surface area contributed by atoms with E-state index in [1.807, 2.05) is 6.92 Å². The number of nitrogens with two attached hydrogens (primary N) is 1. The van der Waals surface area contributed by atoms with Crippen LogP contribution in [0.2, 0.25) is 0 Å². The van der Waals surface area contributed by atoms with Crippen molar-refractivity contribution >= 4 is 6.41 Å². The zero-order chi connectivity index (χ0) is 8.43. The fourth-order valence-electron chi connectivity index (χ4n) is 1.49. The van der Waals surface area contributed by atoms with Gasteiger partial charge in [-0.05, 0) is 6.92 Å². The zero-order valence-electron chi connectivity index (χ0n) is 6.60. The second kappa shape index (κ2) is 3.19. The number of amides is 1. The maximum Gasteiger partial charge on any atom is 0.210 e. The minimum atomic E-state index is -0.0785. The highest BCUT2D eigenvalue weighted by molar-refractivity contribution is 5.49. The predicted molar refractivity (Wildman–Crippen MR) is 40.8 cm³/mol. The van der Waals surface area contributed by atoms with E-state index in [0.29, 0.717) is 6.54 Å². The fourth-order valence-corrected chi connectivity index (χ4v) is 1.49. The van der Waals surface area contributed by atoms with Gasteiger partial charge in [-0.3, -0.25) is 4.79 Å². The Kier molecular flexibility index (Phi) is 2.46. The van der Waals surface area contributed by atoms with Crippen molar-refractivity contribution in [3.05, 3.63) is 0 Å². The van der Waals surface area contributed by atoms with Gasteiger partial charge < -0.3 is 15.7 Å². The zero-order valence-corrected chi connectivity index (χ0v) is 6.60. The summed E-state index contributed by atoms with van der Waals surface area (Å²) in [4.78, 5) is 12.0. The summed E-state index contributed by atoms with van der Waals surface area (Å²) in [6.07, 6.45) is 0.792. The molecule has 4 heteroatoms. The van der Waals surface area contributed by atoms with Gasteiger partial charge >= 0.3 is 0 Å². The van der Waals surface area contributed by atoms with E-state index in [4.69, 9.17) is 10.8 Å². The maximum absolute atomic E-state index is 10.4. The summed E-state index contributed by atoms with van der Waals surface area (Å²) >= 11 is 0. The second-order valence-corrected chi connectivity index (χ2v) is 3.06. The van der Waals surface area contributed by atoms with E-state index >= 15 is 0 Å². The lowest BCUT2D eigenvalue weighted by atomic mass is 10.0. The van der Waals surface area contributed by atoms with Crippen molar-refractivity contribution in [2.24, 2.45) is 11.7 Å². The van der Waals surface area contributed by atoms with Crippen molar-refractivity contribution in [3.63, 3.8) is 0 Å². The number of hydrogen-bond donors (Lipinski definition) is 2. The van der Waals surface area contributed by atoms with Crippen LogP contribution >= 0.6 is 0 Å². The monoisotopic (exact) mass is 158 g/mol. The van der Waals surface area contributed by atoms with Gasteiger partial charge in [0.1, 0.15) is 0 Å². The largest absolute Gasteiger partial charge is 0.396 e. The normalized spacial score (nSPS) is 37.7. The van der Waals surface area contributed by atoms with Crippen LogP contribution in [-0.2, 0) is 4.79 Å². The molecule has 1 amide bonds. The molecule has 0 radical (unpaired) electrons. The van der Waals surface area contributed by atoms with Crippen LogP contribution in [0.4, 0.5) is 0 Å². The molecule has 11 heavy (non-hydrogen) atoms. The fraction of sp³-hybridized carbons (Fsp3) is 0.857. The number of carbonyl (C=O) groups is 1. The Morgan fingerprint density at radius 3 is 2.73 bits per heavy atom. The molecule has 64 valence electrons. The average molecular weight is 158 g/mol. The molecule has 4 nitrogen and oxygen atoms in total. The van der Waals surface area contributed by atoms with Gasteiger partial charge in [-0.25, -0.2) is 0 Å². The molecule has 0 saturated carbocycles. The number of nitrogens with zero attached hydrogens (tertiary/aromatic N) is 1. The smallest absolute Gasteiger partial charge is 0.210 e.